The fraction of sp³-hybridized carbons (Fsp3) is 0.490. The number of rotatable bonds is 10. The third-order valence-electron chi connectivity index (χ3n) is 14.3. The van der Waals surface area contributed by atoms with Crippen LogP contribution in [0.2, 0.25) is 0 Å². The van der Waals surface area contributed by atoms with E-state index in [1.54, 1.807) is 5.30 Å². The van der Waals surface area contributed by atoms with Crippen molar-refractivity contribution in [3.8, 4) is 22.5 Å². The molecule has 54 heavy (non-hydrogen) atoms. The first-order valence-corrected chi connectivity index (χ1v) is 22.7. The van der Waals surface area contributed by atoms with Crippen LogP contribution >= 0.6 is 7.92 Å². The van der Waals surface area contributed by atoms with E-state index in [9.17, 15) is 0 Å². The van der Waals surface area contributed by atoms with Gasteiger partial charge < -0.3 is 0 Å². The lowest BCUT2D eigenvalue weighted by Gasteiger charge is -2.47. The second-order valence-electron chi connectivity index (χ2n) is 18.4. The van der Waals surface area contributed by atoms with E-state index in [2.05, 4.69) is 177 Å². The molecule has 1 aliphatic heterocycles. The Morgan fingerprint density at radius 3 is 2.15 bits per heavy atom. The van der Waals surface area contributed by atoms with Crippen molar-refractivity contribution < 1.29 is 9.13 Å². The van der Waals surface area contributed by atoms with E-state index in [1.807, 2.05) is 0 Å². The fourth-order valence-corrected chi connectivity index (χ4v) is 13.6. The van der Waals surface area contributed by atoms with Crippen molar-refractivity contribution in [2.45, 2.75) is 162 Å². The van der Waals surface area contributed by atoms with Gasteiger partial charge in [0.2, 0.25) is 16.9 Å². The summed E-state index contributed by atoms with van der Waals surface area (Å²) in [5.74, 6) is 0.339. The molecule has 0 fully saturated rings. The molecule has 2 nitrogen and oxygen atoms in total. The third-order valence-corrected chi connectivity index (χ3v) is 17.5. The molecule has 0 spiro atoms. The summed E-state index contributed by atoms with van der Waals surface area (Å²) >= 11 is 0. The van der Waals surface area contributed by atoms with Crippen LogP contribution in [0.4, 0.5) is 0 Å². The summed E-state index contributed by atoms with van der Waals surface area (Å²) < 4.78 is 5.54. The van der Waals surface area contributed by atoms with E-state index < -0.39 is 0 Å². The quantitative estimate of drug-likeness (QED) is 0.0996. The standard InChI is InChI=1S/C51H67N2P/c1-13-16-22-37-28-29-53-45(30-37)40-24-18-17-23-39(40)38(32-51(53,14-2)15-3)33-52-44-26-20-27-46(54(34(4)5)35(6)7)41(44)31-43-48(52)47-36(8)21-19-25-42(47)49(9,10)50(43,11)12/h17-21,23-31,34-35,38H,13-16,22,32-33H2,1-12H3/q+2. The molecule has 3 aromatic carbocycles. The minimum absolute atomic E-state index is 0.0252. The first-order chi connectivity index (χ1) is 25.7. The number of pyridine rings is 2. The van der Waals surface area contributed by atoms with Crippen LogP contribution in [0, 0.1) is 6.92 Å². The average molecular weight is 739 g/mol. The molecule has 1 atom stereocenters. The van der Waals surface area contributed by atoms with E-state index in [0.29, 0.717) is 17.2 Å². The van der Waals surface area contributed by atoms with Gasteiger partial charge in [-0.2, -0.15) is 9.13 Å². The number of aromatic nitrogens is 2. The molecule has 284 valence electrons. The summed E-state index contributed by atoms with van der Waals surface area (Å²) in [4.78, 5) is 0. The molecule has 1 unspecified atom stereocenters. The number of hydrogen-bond acceptors (Lipinski definition) is 0. The van der Waals surface area contributed by atoms with Crippen molar-refractivity contribution in [3.05, 3.63) is 113 Å². The second-order valence-corrected chi connectivity index (χ2v) is 21.7. The molecule has 0 saturated carbocycles. The lowest BCUT2D eigenvalue weighted by atomic mass is 9.55. The van der Waals surface area contributed by atoms with E-state index in [-0.39, 0.29) is 24.3 Å². The van der Waals surface area contributed by atoms with Gasteiger partial charge in [0.25, 0.3) is 0 Å². The molecule has 0 N–H and O–H groups in total. The van der Waals surface area contributed by atoms with Crippen LogP contribution in [0.5, 0.6) is 0 Å². The zero-order valence-corrected chi connectivity index (χ0v) is 36.5. The Morgan fingerprint density at radius 1 is 0.778 bits per heavy atom. The zero-order chi connectivity index (χ0) is 38.7. The van der Waals surface area contributed by atoms with Gasteiger partial charge in [-0.3, -0.25) is 0 Å². The van der Waals surface area contributed by atoms with Crippen LogP contribution in [0.25, 0.3) is 33.4 Å². The maximum atomic E-state index is 2.84. The van der Waals surface area contributed by atoms with Crippen molar-refractivity contribution in [2.75, 3.05) is 0 Å². The van der Waals surface area contributed by atoms with Crippen LogP contribution < -0.4 is 14.4 Å². The van der Waals surface area contributed by atoms with E-state index in [4.69, 9.17) is 0 Å². The molecule has 3 heteroatoms. The van der Waals surface area contributed by atoms with Gasteiger partial charge in [0, 0.05) is 54.0 Å². The van der Waals surface area contributed by atoms with Crippen LogP contribution in [-0.4, -0.2) is 11.3 Å². The van der Waals surface area contributed by atoms with E-state index in [0.717, 1.165) is 32.2 Å². The number of fused-ring (bicyclic) bond motifs is 7. The topological polar surface area (TPSA) is 7.76 Å². The van der Waals surface area contributed by atoms with Gasteiger partial charge in [0.05, 0.1) is 16.9 Å². The van der Waals surface area contributed by atoms with Gasteiger partial charge in [-0.25, -0.2) is 0 Å². The Labute approximate surface area is 329 Å². The summed E-state index contributed by atoms with van der Waals surface area (Å²) in [6.07, 6.45) is 9.38. The van der Waals surface area contributed by atoms with Crippen LogP contribution in [0.15, 0.2) is 85.1 Å². The molecule has 0 amide bonds. The lowest BCUT2D eigenvalue weighted by Crippen LogP contribution is -2.57. The Hall–Kier alpha value is -3.35. The maximum absolute atomic E-state index is 2.84. The van der Waals surface area contributed by atoms with Gasteiger partial charge in [0.1, 0.15) is 0 Å². The Kier molecular flexibility index (Phi) is 10.5. The molecular formula is C51H67N2P+2. The molecule has 3 heterocycles. The highest BCUT2D eigenvalue weighted by Gasteiger charge is 2.52. The highest BCUT2D eigenvalue weighted by Crippen LogP contribution is 2.55. The third kappa shape index (κ3) is 6.09. The molecule has 0 bridgehead atoms. The first kappa shape index (κ1) is 38.9. The van der Waals surface area contributed by atoms with Gasteiger partial charge in [-0.05, 0) is 76.2 Å². The number of nitrogens with zero attached hydrogens (tertiary/aromatic N) is 2. The molecular weight excluding hydrogens is 672 g/mol. The minimum Gasteiger partial charge on any atom is -0.193 e. The van der Waals surface area contributed by atoms with Crippen LogP contribution in [0.3, 0.4) is 0 Å². The van der Waals surface area contributed by atoms with Crippen molar-refractivity contribution in [1.82, 2.24) is 0 Å². The number of benzene rings is 3. The predicted octanol–water partition coefficient (Wildman–Crippen LogP) is 12.6. The molecule has 5 aromatic rings. The monoisotopic (exact) mass is 739 g/mol. The number of aryl methyl sites for hydroxylation is 2. The summed E-state index contributed by atoms with van der Waals surface area (Å²) in [5.41, 5.74) is 15.6. The fourth-order valence-electron chi connectivity index (χ4n) is 10.6. The van der Waals surface area contributed by atoms with E-state index >= 15 is 0 Å². The Bertz CT molecular complexity index is 2170. The predicted molar refractivity (Wildman–Crippen MR) is 234 cm³/mol. The SMILES string of the molecule is CCCCc1cc[n+]2c(c1)-c1ccccc1C(C[n+]1c3c(cc4c(P(C(C)C)C(C)C)cccc41)C(C)(C)C(C)(C)c1cccc(C)c1-3)CC2(CC)CC. The summed E-state index contributed by atoms with van der Waals surface area (Å²) in [7, 11) is -0.356. The maximum Gasteiger partial charge on any atom is 0.217 e. The summed E-state index contributed by atoms with van der Waals surface area (Å²) in [5, 5.41) is 3.05. The van der Waals surface area contributed by atoms with Crippen LogP contribution in [0.1, 0.15) is 142 Å². The van der Waals surface area contributed by atoms with Gasteiger partial charge in [-0.15, -0.1) is 0 Å². The van der Waals surface area contributed by atoms with Crippen molar-refractivity contribution >= 4 is 24.1 Å². The highest BCUT2D eigenvalue weighted by atomic mass is 31.1. The van der Waals surface area contributed by atoms with Crippen LogP contribution in [-0.2, 0) is 29.3 Å². The summed E-state index contributed by atoms with van der Waals surface area (Å²) in [6.45, 7) is 30.3. The molecule has 0 saturated heterocycles. The molecule has 7 rings (SSSR count). The molecule has 1 aliphatic carbocycles. The van der Waals surface area contributed by atoms with Crippen molar-refractivity contribution in [2.24, 2.45) is 0 Å². The van der Waals surface area contributed by atoms with E-state index in [1.165, 1.54) is 74.1 Å². The van der Waals surface area contributed by atoms with Gasteiger partial charge >= 0.3 is 0 Å². The molecule has 2 aromatic heterocycles. The average Bonchev–Trinajstić information content (AvgIpc) is 3.26. The van der Waals surface area contributed by atoms with Crippen molar-refractivity contribution in [1.29, 1.82) is 0 Å². The molecule has 0 radical (unpaired) electrons. The smallest absolute Gasteiger partial charge is 0.193 e. The lowest BCUT2D eigenvalue weighted by molar-refractivity contribution is -0.759. The highest BCUT2D eigenvalue weighted by molar-refractivity contribution is 7.67. The Balaban J connectivity index is 1.56. The number of hydrogen-bond donors (Lipinski definition) is 0. The number of unbranched alkanes of at least 4 members (excludes halogenated alkanes) is 1. The van der Waals surface area contributed by atoms with Gasteiger partial charge in [-0.1, -0.05) is 139 Å². The van der Waals surface area contributed by atoms with Crippen molar-refractivity contribution in [3.63, 3.8) is 0 Å². The largest absolute Gasteiger partial charge is 0.217 e. The Morgan fingerprint density at radius 2 is 1.46 bits per heavy atom. The molecule has 2 aliphatic rings. The zero-order valence-electron chi connectivity index (χ0n) is 35.6. The minimum atomic E-state index is -0.356. The second kappa shape index (κ2) is 14.6. The first-order valence-electron chi connectivity index (χ1n) is 21.3. The van der Waals surface area contributed by atoms with Gasteiger partial charge in [0.15, 0.2) is 18.3 Å². The normalized spacial score (nSPS) is 18.0. The summed E-state index contributed by atoms with van der Waals surface area (Å²) in [6, 6.07) is 31.5.